The average Bonchev–Trinajstić information content (AvgIpc) is 2.71. The highest BCUT2D eigenvalue weighted by Crippen LogP contribution is 2.26. The van der Waals surface area contributed by atoms with Crippen molar-refractivity contribution in [1.82, 2.24) is 0 Å². The molecule has 0 atom stereocenters. The third kappa shape index (κ3) is 5.49. The third-order valence-electron chi connectivity index (χ3n) is 3.65. The zero-order valence-electron chi connectivity index (χ0n) is 14.4. The Bertz CT molecular complexity index is 990. The summed E-state index contributed by atoms with van der Waals surface area (Å²) < 4.78 is 5.36. The molecule has 0 N–H and O–H groups in total. The number of oxime groups is 1. The number of rotatable bonds is 6. The van der Waals surface area contributed by atoms with Crippen LogP contribution >= 0.6 is 34.8 Å². The van der Waals surface area contributed by atoms with Gasteiger partial charge in [-0.05, 0) is 24.3 Å². The van der Waals surface area contributed by atoms with E-state index < -0.39 is 5.97 Å². The van der Waals surface area contributed by atoms with Gasteiger partial charge in [0.05, 0.1) is 10.0 Å². The van der Waals surface area contributed by atoms with Crippen LogP contribution in [0, 0.1) is 0 Å². The monoisotopic (exact) mass is 433 g/mol. The average molecular weight is 435 g/mol. The zero-order valence-corrected chi connectivity index (χ0v) is 16.7. The van der Waals surface area contributed by atoms with E-state index in [1.165, 1.54) is 6.07 Å². The lowest BCUT2D eigenvalue weighted by Crippen LogP contribution is -2.14. The lowest BCUT2D eigenvalue weighted by atomic mass is 10.0. The number of hydrogen-bond acceptors (Lipinski definition) is 4. The number of ether oxygens (including phenoxy) is 1. The van der Waals surface area contributed by atoms with Gasteiger partial charge in [0.25, 0.3) is 0 Å². The fraction of sp³-hybridized carbons (Fsp3) is 0.0476. The van der Waals surface area contributed by atoms with E-state index in [-0.39, 0.29) is 6.61 Å². The smallest absolute Gasteiger partial charge is 0.372 e. The van der Waals surface area contributed by atoms with Crippen molar-refractivity contribution in [2.75, 3.05) is 6.61 Å². The van der Waals surface area contributed by atoms with Gasteiger partial charge in [0.15, 0.2) is 6.61 Å². The molecule has 3 rings (SSSR count). The first-order valence-corrected chi connectivity index (χ1v) is 9.33. The van der Waals surface area contributed by atoms with Crippen LogP contribution in [0.3, 0.4) is 0 Å². The van der Waals surface area contributed by atoms with Crippen molar-refractivity contribution >= 4 is 46.5 Å². The van der Waals surface area contributed by atoms with Gasteiger partial charge in [0.2, 0.25) is 0 Å². The number of hydrogen-bond donors (Lipinski definition) is 0. The Morgan fingerprint density at radius 3 is 2.18 bits per heavy atom. The highest BCUT2D eigenvalue weighted by Gasteiger charge is 2.11. The lowest BCUT2D eigenvalue weighted by molar-refractivity contribution is -0.146. The summed E-state index contributed by atoms with van der Waals surface area (Å²) in [6.45, 7) is -0.329. The first-order valence-electron chi connectivity index (χ1n) is 8.20. The maximum absolute atomic E-state index is 12.1. The Kier molecular flexibility index (Phi) is 6.93. The van der Waals surface area contributed by atoms with Crippen molar-refractivity contribution in [3.8, 4) is 5.75 Å². The summed E-state index contributed by atoms with van der Waals surface area (Å²) in [5, 5.41) is 5.37. The first-order chi connectivity index (χ1) is 13.5. The van der Waals surface area contributed by atoms with E-state index in [1.807, 2.05) is 30.3 Å². The van der Waals surface area contributed by atoms with Crippen molar-refractivity contribution in [2.24, 2.45) is 5.16 Å². The van der Waals surface area contributed by atoms with E-state index >= 15 is 0 Å². The van der Waals surface area contributed by atoms with Crippen molar-refractivity contribution in [3.63, 3.8) is 0 Å². The molecule has 0 aliphatic heterocycles. The molecule has 0 aliphatic rings. The Morgan fingerprint density at radius 1 is 0.821 bits per heavy atom. The molecule has 0 aliphatic carbocycles. The first kappa shape index (κ1) is 20.2. The molecular weight excluding hydrogens is 421 g/mol. The summed E-state index contributed by atoms with van der Waals surface area (Å²) in [6.07, 6.45) is 0. The summed E-state index contributed by atoms with van der Waals surface area (Å²) in [6, 6.07) is 21.2. The third-order valence-corrected chi connectivity index (χ3v) is 4.64. The van der Waals surface area contributed by atoms with Crippen LogP contribution in [0.2, 0.25) is 15.1 Å². The molecule has 0 fully saturated rings. The van der Waals surface area contributed by atoms with Crippen LogP contribution in [0.4, 0.5) is 0 Å². The number of benzene rings is 3. The van der Waals surface area contributed by atoms with E-state index in [9.17, 15) is 4.79 Å². The Labute approximate surface area is 177 Å². The summed E-state index contributed by atoms with van der Waals surface area (Å²) >= 11 is 17.7. The van der Waals surface area contributed by atoms with Crippen molar-refractivity contribution in [3.05, 3.63) is 99.0 Å². The molecule has 0 aromatic heterocycles. The maximum Gasteiger partial charge on any atom is 0.372 e. The van der Waals surface area contributed by atoms with Crippen LogP contribution in [0.1, 0.15) is 11.1 Å². The molecule has 0 saturated heterocycles. The second-order valence-electron chi connectivity index (χ2n) is 5.64. The number of carbonyl (C=O) groups excluding carboxylic acids is 1. The van der Waals surface area contributed by atoms with E-state index in [0.717, 1.165) is 11.1 Å². The number of carbonyl (C=O) groups is 1. The van der Waals surface area contributed by atoms with Gasteiger partial charge in [0.1, 0.15) is 11.5 Å². The van der Waals surface area contributed by atoms with Crippen LogP contribution in [-0.2, 0) is 9.63 Å². The fourth-order valence-corrected chi connectivity index (χ4v) is 2.72. The van der Waals surface area contributed by atoms with Crippen LogP contribution < -0.4 is 4.74 Å². The molecule has 0 bridgehead atoms. The van der Waals surface area contributed by atoms with Crippen LogP contribution in [0.25, 0.3) is 0 Å². The molecule has 28 heavy (non-hydrogen) atoms. The highest BCUT2D eigenvalue weighted by atomic mass is 35.5. The summed E-state index contributed by atoms with van der Waals surface area (Å²) in [5.74, 6) is -0.259. The van der Waals surface area contributed by atoms with E-state index in [0.29, 0.717) is 26.5 Å². The molecule has 0 spiro atoms. The second kappa shape index (κ2) is 9.60. The SMILES string of the molecule is O=C(COc1ccc(Cl)c(Cl)c1)ON=C(c1ccccc1)c1ccc(Cl)cc1. The Morgan fingerprint density at radius 2 is 1.50 bits per heavy atom. The van der Waals surface area contributed by atoms with E-state index in [1.54, 1.807) is 36.4 Å². The number of halogens is 3. The molecule has 0 radical (unpaired) electrons. The predicted molar refractivity (Wildman–Crippen MR) is 112 cm³/mol. The second-order valence-corrected chi connectivity index (χ2v) is 6.89. The van der Waals surface area contributed by atoms with E-state index in [2.05, 4.69) is 5.16 Å². The summed E-state index contributed by atoms with van der Waals surface area (Å²) in [5.41, 5.74) is 2.05. The largest absolute Gasteiger partial charge is 0.482 e. The minimum Gasteiger partial charge on any atom is -0.482 e. The van der Waals surface area contributed by atoms with Gasteiger partial charge in [-0.1, -0.05) is 82.4 Å². The van der Waals surface area contributed by atoms with Gasteiger partial charge in [0, 0.05) is 22.2 Å². The van der Waals surface area contributed by atoms with Crippen molar-refractivity contribution < 1.29 is 14.4 Å². The van der Waals surface area contributed by atoms with Gasteiger partial charge < -0.3 is 9.57 Å². The zero-order chi connectivity index (χ0) is 19.9. The molecule has 3 aromatic rings. The predicted octanol–water partition coefficient (Wildman–Crippen LogP) is 6.02. The molecule has 0 amide bonds. The quantitative estimate of drug-likeness (QED) is 0.271. The van der Waals surface area contributed by atoms with Crippen LogP contribution in [0.5, 0.6) is 5.75 Å². The molecule has 3 aromatic carbocycles. The normalized spacial score (nSPS) is 11.2. The molecular formula is C21H14Cl3NO3. The van der Waals surface area contributed by atoms with Gasteiger partial charge in [-0.15, -0.1) is 0 Å². The topological polar surface area (TPSA) is 47.9 Å². The van der Waals surface area contributed by atoms with Crippen LogP contribution in [0.15, 0.2) is 78.0 Å². The van der Waals surface area contributed by atoms with Crippen LogP contribution in [-0.4, -0.2) is 18.3 Å². The lowest BCUT2D eigenvalue weighted by Gasteiger charge is -2.08. The molecule has 142 valence electrons. The maximum atomic E-state index is 12.1. The fourth-order valence-electron chi connectivity index (χ4n) is 2.31. The highest BCUT2D eigenvalue weighted by molar-refractivity contribution is 6.42. The van der Waals surface area contributed by atoms with Gasteiger partial charge in [-0.2, -0.15) is 0 Å². The van der Waals surface area contributed by atoms with Gasteiger partial charge in [-0.3, -0.25) is 0 Å². The molecule has 7 heteroatoms. The standard InChI is InChI=1S/C21H14Cl3NO3/c22-16-8-6-15(7-9-16)21(14-4-2-1-3-5-14)25-28-20(26)13-27-17-10-11-18(23)19(24)12-17/h1-12H,13H2. The van der Waals surface area contributed by atoms with Gasteiger partial charge in [-0.25, -0.2) is 4.79 Å². The van der Waals surface area contributed by atoms with Crippen molar-refractivity contribution in [1.29, 1.82) is 0 Å². The minimum absolute atomic E-state index is 0.329. The van der Waals surface area contributed by atoms with Crippen molar-refractivity contribution in [2.45, 2.75) is 0 Å². The molecule has 0 heterocycles. The summed E-state index contributed by atoms with van der Waals surface area (Å²) in [4.78, 5) is 17.1. The van der Waals surface area contributed by atoms with Gasteiger partial charge >= 0.3 is 5.97 Å². The number of nitrogens with zero attached hydrogens (tertiary/aromatic N) is 1. The Balaban J connectivity index is 1.72. The molecule has 0 saturated carbocycles. The minimum atomic E-state index is -0.659. The summed E-state index contributed by atoms with van der Waals surface area (Å²) in [7, 11) is 0. The molecule has 0 unspecified atom stereocenters. The molecule has 4 nitrogen and oxygen atoms in total. The van der Waals surface area contributed by atoms with E-state index in [4.69, 9.17) is 44.4 Å². The Hall–Kier alpha value is -2.53.